The molecule has 2 heterocycles. The molecule has 5 N–H and O–H groups in total. The molecule has 192 valence electrons. The maximum Gasteiger partial charge on any atom is 0.221 e. The van der Waals surface area contributed by atoms with E-state index < -0.39 is 16.1 Å². The van der Waals surface area contributed by atoms with E-state index in [9.17, 15) is 18.0 Å². The van der Waals surface area contributed by atoms with Crippen LogP contribution in [-0.2, 0) is 19.6 Å². The number of nitrogens with one attached hydrogen (secondary N) is 3. The molecule has 0 aromatic carbocycles. The SMILES string of the molecule is CCCCCCCCCCCCS(=O)(=O)NC1CCC(C2CCC(N)CC(=O)N2)NC(=O)C1. The minimum absolute atomic E-state index is 0.0859. The fraction of sp³-hybridized carbons (Fsp3) is 0.917. The number of carbonyl (C=O) groups is 2. The zero-order valence-corrected chi connectivity index (χ0v) is 21.3. The van der Waals surface area contributed by atoms with E-state index in [0.717, 1.165) is 19.3 Å². The van der Waals surface area contributed by atoms with E-state index in [1.807, 2.05) is 0 Å². The van der Waals surface area contributed by atoms with Gasteiger partial charge in [-0.1, -0.05) is 64.7 Å². The van der Waals surface area contributed by atoms with Crippen molar-refractivity contribution in [2.45, 2.75) is 134 Å². The van der Waals surface area contributed by atoms with Crippen LogP contribution in [0.25, 0.3) is 0 Å². The van der Waals surface area contributed by atoms with Gasteiger partial charge in [0.05, 0.1) is 5.75 Å². The third-order valence-corrected chi connectivity index (χ3v) is 8.36. The summed E-state index contributed by atoms with van der Waals surface area (Å²) < 4.78 is 27.8. The molecule has 0 aromatic heterocycles. The van der Waals surface area contributed by atoms with E-state index in [2.05, 4.69) is 22.3 Å². The van der Waals surface area contributed by atoms with Crippen molar-refractivity contribution < 1.29 is 18.0 Å². The largest absolute Gasteiger partial charge is 0.351 e. The van der Waals surface area contributed by atoms with Crippen LogP contribution in [0.1, 0.15) is 110 Å². The van der Waals surface area contributed by atoms with Gasteiger partial charge in [-0.2, -0.15) is 0 Å². The highest BCUT2D eigenvalue weighted by molar-refractivity contribution is 7.89. The second-order valence-electron chi connectivity index (χ2n) is 9.99. The van der Waals surface area contributed by atoms with Gasteiger partial charge in [-0.05, 0) is 32.1 Å². The van der Waals surface area contributed by atoms with Crippen LogP contribution < -0.4 is 21.1 Å². The first-order chi connectivity index (χ1) is 15.8. The first-order valence-electron chi connectivity index (χ1n) is 13.1. The number of carbonyl (C=O) groups excluding carboxylic acids is 2. The molecule has 33 heavy (non-hydrogen) atoms. The standard InChI is InChI=1S/C24H46N4O4S/c1-2-3-4-5-6-7-8-9-10-11-16-33(31,32)28-20-13-15-22(27-24(30)18-20)21-14-12-19(25)17-23(29)26-21/h19-22,28H,2-18,25H2,1H3,(H,26,29)(H,27,30). The first kappa shape index (κ1) is 28.1. The van der Waals surface area contributed by atoms with Crippen molar-refractivity contribution in [2.24, 2.45) is 5.73 Å². The molecular weight excluding hydrogens is 440 g/mol. The lowest BCUT2D eigenvalue weighted by Gasteiger charge is -2.26. The third kappa shape index (κ3) is 11.7. The third-order valence-electron chi connectivity index (χ3n) is 6.85. The molecule has 4 unspecified atom stereocenters. The molecule has 2 fully saturated rings. The lowest BCUT2D eigenvalue weighted by Crippen LogP contribution is -2.50. The zero-order valence-electron chi connectivity index (χ0n) is 20.4. The minimum Gasteiger partial charge on any atom is -0.351 e. The van der Waals surface area contributed by atoms with Crippen LogP contribution in [0.5, 0.6) is 0 Å². The van der Waals surface area contributed by atoms with Crippen molar-refractivity contribution >= 4 is 21.8 Å². The summed E-state index contributed by atoms with van der Waals surface area (Å²) >= 11 is 0. The summed E-state index contributed by atoms with van der Waals surface area (Å²) in [4.78, 5) is 24.4. The van der Waals surface area contributed by atoms with Gasteiger partial charge in [0.2, 0.25) is 21.8 Å². The van der Waals surface area contributed by atoms with Gasteiger partial charge in [-0.25, -0.2) is 13.1 Å². The molecule has 9 heteroatoms. The highest BCUT2D eigenvalue weighted by Gasteiger charge is 2.32. The highest BCUT2D eigenvalue weighted by atomic mass is 32.2. The molecule has 0 aliphatic carbocycles. The molecule has 2 amide bonds. The molecule has 0 spiro atoms. The quantitative estimate of drug-likeness (QED) is 0.281. The Hall–Kier alpha value is -1.19. The molecule has 2 saturated heterocycles. The second kappa shape index (κ2) is 14.9. The van der Waals surface area contributed by atoms with Crippen LogP contribution in [0.15, 0.2) is 0 Å². The van der Waals surface area contributed by atoms with Crippen LogP contribution in [-0.4, -0.2) is 50.2 Å². The maximum atomic E-state index is 12.5. The number of sulfonamides is 1. The Bertz CT molecular complexity index is 701. The van der Waals surface area contributed by atoms with Gasteiger partial charge < -0.3 is 16.4 Å². The lowest BCUT2D eigenvalue weighted by molar-refractivity contribution is -0.124. The molecule has 0 radical (unpaired) electrons. The monoisotopic (exact) mass is 486 g/mol. The van der Waals surface area contributed by atoms with E-state index in [0.29, 0.717) is 32.1 Å². The maximum absolute atomic E-state index is 12.5. The Morgan fingerprint density at radius 3 is 1.91 bits per heavy atom. The highest BCUT2D eigenvalue weighted by Crippen LogP contribution is 2.19. The van der Waals surface area contributed by atoms with E-state index >= 15 is 0 Å². The summed E-state index contributed by atoms with van der Waals surface area (Å²) in [6, 6.07) is -0.895. The summed E-state index contributed by atoms with van der Waals surface area (Å²) in [5.74, 6) is -0.147. The fourth-order valence-electron chi connectivity index (χ4n) is 4.91. The summed E-state index contributed by atoms with van der Waals surface area (Å²) in [5.41, 5.74) is 5.94. The summed E-state index contributed by atoms with van der Waals surface area (Å²) in [5, 5.41) is 5.97. The number of unbranched alkanes of at least 4 members (excludes halogenated alkanes) is 9. The van der Waals surface area contributed by atoms with Crippen LogP contribution in [0, 0.1) is 0 Å². The van der Waals surface area contributed by atoms with Gasteiger partial charge in [0.25, 0.3) is 0 Å². The second-order valence-corrected chi connectivity index (χ2v) is 11.9. The number of nitrogens with two attached hydrogens (primary N) is 1. The average Bonchev–Trinajstić information content (AvgIpc) is 3.03. The predicted octanol–water partition coefficient (Wildman–Crippen LogP) is 2.86. The first-order valence-corrected chi connectivity index (χ1v) is 14.8. The minimum atomic E-state index is -3.41. The normalized spacial score (nSPS) is 26.8. The van der Waals surface area contributed by atoms with Crippen LogP contribution in [0.4, 0.5) is 0 Å². The van der Waals surface area contributed by atoms with Crippen LogP contribution >= 0.6 is 0 Å². The average molecular weight is 487 g/mol. The molecule has 2 aliphatic rings. The summed E-state index contributed by atoms with van der Waals surface area (Å²) in [6.07, 6.45) is 14.6. The van der Waals surface area contributed by atoms with Crippen molar-refractivity contribution in [1.82, 2.24) is 15.4 Å². The van der Waals surface area contributed by atoms with E-state index in [1.54, 1.807) is 0 Å². The molecule has 4 atom stereocenters. The summed E-state index contributed by atoms with van der Waals surface area (Å²) in [7, 11) is -3.41. The Kier molecular flexibility index (Phi) is 12.7. The van der Waals surface area contributed by atoms with Crippen molar-refractivity contribution in [3.05, 3.63) is 0 Å². The van der Waals surface area contributed by atoms with E-state index in [1.165, 1.54) is 44.9 Å². The van der Waals surface area contributed by atoms with Gasteiger partial charge in [-0.15, -0.1) is 0 Å². The number of amides is 2. The van der Waals surface area contributed by atoms with Gasteiger partial charge in [-0.3, -0.25) is 9.59 Å². The molecule has 0 saturated carbocycles. The molecule has 0 bridgehead atoms. The number of rotatable bonds is 14. The van der Waals surface area contributed by atoms with Crippen molar-refractivity contribution in [2.75, 3.05) is 5.75 Å². The van der Waals surface area contributed by atoms with E-state index in [4.69, 9.17) is 5.73 Å². The molecule has 0 aromatic rings. The van der Waals surface area contributed by atoms with Gasteiger partial charge in [0.1, 0.15) is 0 Å². The summed E-state index contributed by atoms with van der Waals surface area (Å²) in [6.45, 7) is 2.22. The Labute approximate surface area is 200 Å². The van der Waals surface area contributed by atoms with Gasteiger partial charge in [0, 0.05) is 37.0 Å². The lowest BCUT2D eigenvalue weighted by atomic mass is 9.97. The van der Waals surface area contributed by atoms with Crippen molar-refractivity contribution in [1.29, 1.82) is 0 Å². The van der Waals surface area contributed by atoms with Crippen LogP contribution in [0.2, 0.25) is 0 Å². The van der Waals surface area contributed by atoms with Gasteiger partial charge in [0.15, 0.2) is 0 Å². The topological polar surface area (TPSA) is 130 Å². The Morgan fingerprint density at radius 2 is 1.30 bits per heavy atom. The molecular formula is C24H46N4O4S. The molecule has 2 rings (SSSR count). The molecule has 8 nitrogen and oxygen atoms in total. The predicted molar refractivity (Wildman–Crippen MR) is 132 cm³/mol. The number of hydrogen-bond donors (Lipinski definition) is 4. The zero-order chi connectivity index (χ0) is 24.1. The van der Waals surface area contributed by atoms with Gasteiger partial charge >= 0.3 is 0 Å². The van der Waals surface area contributed by atoms with E-state index in [-0.39, 0.29) is 42.1 Å². The van der Waals surface area contributed by atoms with Crippen molar-refractivity contribution in [3.63, 3.8) is 0 Å². The fourth-order valence-corrected chi connectivity index (χ4v) is 6.32. The van der Waals surface area contributed by atoms with Crippen molar-refractivity contribution in [3.8, 4) is 0 Å². The Balaban J connectivity index is 1.67. The van der Waals surface area contributed by atoms with Crippen LogP contribution in [0.3, 0.4) is 0 Å². The Morgan fingerprint density at radius 1 is 0.788 bits per heavy atom. The molecule has 2 aliphatic heterocycles. The smallest absolute Gasteiger partial charge is 0.221 e. The number of hydrogen-bond acceptors (Lipinski definition) is 5.